The maximum Gasteiger partial charge on any atom is 0.251 e. The summed E-state index contributed by atoms with van der Waals surface area (Å²) < 4.78 is 76.6. The third-order valence-electron chi connectivity index (χ3n) is 20.6. The van der Waals surface area contributed by atoms with Crippen LogP contribution in [-0.2, 0) is 42.7 Å². The van der Waals surface area contributed by atoms with Crippen molar-refractivity contribution in [2.75, 3.05) is 52.5 Å². The fourth-order valence-electron chi connectivity index (χ4n) is 15.1. The summed E-state index contributed by atoms with van der Waals surface area (Å²) in [6.07, 6.45) is -11.9. The summed E-state index contributed by atoms with van der Waals surface area (Å²) >= 11 is 0. The van der Waals surface area contributed by atoms with Gasteiger partial charge in [-0.25, -0.2) is 18.1 Å². The van der Waals surface area contributed by atoms with Crippen molar-refractivity contribution in [3.05, 3.63) is 72.6 Å². The van der Waals surface area contributed by atoms with Crippen LogP contribution in [0.2, 0.25) is 0 Å². The standard InChI is InChI=1S/C66H96F2N10O18/c1-4-39-21-37(25-48(61(39)96-66-60(88)59(87)54(82)34(2)90-66)93-64-52(71-35(3)81)62(57(85)51(33-80)94-64)91-49(63(89)76-19-10-20-76)23-36-11-6-5-7-12-36)28-69-17-18-70-29-38-22-46(77-30-44(72-74-77)40-13-8-15-42(67)26-40)55(83)47(24-38)92-65-58(86)53(56(84)50(32-79)95-65)78-31-45(73-75-78)41-14-9-16-43(68)27-41/h8-9,13-16,26-27,30-31,34,36-39,46-62,64-66,69-70,79-80,82-88H,4-7,10-12,17-25,28-29,32-33H2,1-3H3,(H,71,81)/t34?,37?,38?,39?,46?,47-,48-,49+,50?,51?,52?,53?,54-,55?,56+,57+,58?,59?,60?,61?,62?,64-,65-,66+/m1/s1. The Labute approximate surface area is 555 Å². The van der Waals surface area contributed by atoms with Crippen LogP contribution in [0.15, 0.2) is 60.9 Å². The van der Waals surface area contributed by atoms with E-state index in [4.69, 9.17) is 33.2 Å². The molecule has 0 spiro atoms. The summed E-state index contributed by atoms with van der Waals surface area (Å²) in [4.78, 5) is 29.1. The Morgan fingerprint density at radius 1 is 0.646 bits per heavy atom. The van der Waals surface area contributed by atoms with Crippen molar-refractivity contribution in [3.8, 4) is 22.5 Å². The van der Waals surface area contributed by atoms with Gasteiger partial charge in [-0.3, -0.25) is 9.59 Å². The minimum absolute atomic E-state index is 0.0894. The molecule has 7 fully saturated rings. The van der Waals surface area contributed by atoms with E-state index in [0.717, 1.165) is 38.5 Å². The number of aromatic nitrogens is 6. The number of aliphatic hydroxyl groups excluding tert-OH is 9. The molecule has 4 aromatic rings. The molecule has 96 heavy (non-hydrogen) atoms. The second kappa shape index (κ2) is 32.9. The van der Waals surface area contributed by atoms with Gasteiger partial charge in [0.25, 0.3) is 5.91 Å². The van der Waals surface area contributed by atoms with Crippen molar-refractivity contribution in [2.24, 2.45) is 23.7 Å². The van der Waals surface area contributed by atoms with Gasteiger partial charge in [-0.2, -0.15) is 0 Å². The molecule has 2 amide bonds. The molecule has 7 aliphatic rings. The van der Waals surface area contributed by atoms with Crippen molar-refractivity contribution in [3.63, 3.8) is 0 Å². The highest BCUT2D eigenvalue weighted by Gasteiger charge is 2.54. The fourth-order valence-corrected chi connectivity index (χ4v) is 15.1. The number of carbonyl (C=O) groups is 2. The highest BCUT2D eigenvalue weighted by Crippen LogP contribution is 2.42. The van der Waals surface area contributed by atoms with Crippen molar-refractivity contribution in [1.82, 2.24) is 50.8 Å². The van der Waals surface area contributed by atoms with Crippen LogP contribution in [0.25, 0.3) is 22.5 Å². The molecule has 28 nitrogen and oxygen atoms in total. The van der Waals surface area contributed by atoms with Crippen LogP contribution >= 0.6 is 0 Å². The Kier molecular flexibility index (Phi) is 24.7. The number of hydrogen-bond acceptors (Lipinski definition) is 24. The molecule has 3 aliphatic carbocycles. The second-order valence-electron chi connectivity index (χ2n) is 27.3. The molecule has 0 bridgehead atoms. The molecular formula is C66H96F2N10O18. The van der Waals surface area contributed by atoms with E-state index < -0.39 is 159 Å². The van der Waals surface area contributed by atoms with E-state index in [1.807, 2.05) is 6.92 Å². The van der Waals surface area contributed by atoms with Gasteiger partial charge in [0.1, 0.15) is 102 Å². The minimum atomic E-state index is -1.64. The summed E-state index contributed by atoms with van der Waals surface area (Å²) in [5.74, 6) is -2.04. The third kappa shape index (κ3) is 16.8. The number of amides is 2. The highest BCUT2D eigenvalue weighted by atomic mass is 19.1. The largest absolute Gasteiger partial charge is 0.394 e. The topological polar surface area (TPSA) is 382 Å². The number of benzene rings is 2. The SMILES string of the molecule is CCC1CC(CNCCNCC2CC(n3cc(-c4cccc(F)c4)nn3)C(O)[C@H](O[C@@H]3OC(CO)[C@H](O)C(n4cc(-c5cccc(F)c5)nn4)C3O)C2)C[C@@H](O[C@@H]2OC(CO)[C@H](O)C(O[C@@H](CC3CCCCC3)C(=O)N3CCC3)C2NC(C)=O)C1O[C@@H]1OC(C)[C@@H](O)C(O)C1O. The van der Waals surface area contributed by atoms with Gasteiger partial charge in [-0.05, 0) is 106 Å². The fraction of sp³-hybridized carbons (Fsp3) is 0.727. The van der Waals surface area contributed by atoms with E-state index in [2.05, 4.69) is 36.6 Å². The van der Waals surface area contributed by atoms with Gasteiger partial charge >= 0.3 is 0 Å². The third-order valence-corrected chi connectivity index (χ3v) is 20.6. The van der Waals surface area contributed by atoms with Crippen LogP contribution in [0.5, 0.6) is 0 Å². The molecule has 2 aromatic carbocycles. The van der Waals surface area contributed by atoms with E-state index in [9.17, 15) is 64.3 Å². The zero-order valence-corrected chi connectivity index (χ0v) is 54.4. The zero-order valence-electron chi connectivity index (χ0n) is 54.4. The Bertz CT molecular complexity index is 3130. The first-order valence-electron chi connectivity index (χ1n) is 34.2. The van der Waals surface area contributed by atoms with E-state index in [1.165, 1.54) is 52.8 Å². The monoisotopic (exact) mass is 1350 g/mol. The lowest BCUT2D eigenvalue weighted by Crippen LogP contribution is -2.67. The van der Waals surface area contributed by atoms with Gasteiger partial charge in [0.05, 0.1) is 56.1 Å². The van der Waals surface area contributed by atoms with Crippen molar-refractivity contribution >= 4 is 11.8 Å². The molecule has 15 unspecified atom stereocenters. The molecule has 532 valence electrons. The van der Waals surface area contributed by atoms with Crippen LogP contribution in [-0.4, -0.2) is 262 Å². The summed E-state index contributed by atoms with van der Waals surface area (Å²) in [6, 6.07) is 8.32. The first-order valence-corrected chi connectivity index (χ1v) is 34.2. The van der Waals surface area contributed by atoms with Gasteiger partial charge in [0.2, 0.25) is 5.91 Å². The average Bonchev–Trinajstić information content (AvgIpc) is 1.06. The van der Waals surface area contributed by atoms with Crippen LogP contribution in [0.1, 0.15) is 110 Å². The lowest BCUT2D eigenvalue weighted by Gasteiger charge is -2.49. The summed E-state index contributed by atoms with van der Waals surface area (Å²) in [5.41, 5.74) is 1.47. The van der Waals surface area contributed by atoms with E-state index in [1.54, 1.807) is 36.2 Å². The Balaban J connectivity index is 0.781. The van der Waals surface area contributed by atoms with E-state index in [0.29, 0.717) is 88.2 Å². The van der Waals surface area contributed by atoms with Crippen LogP contribution in [0.4, 0.5) is 8.78 Å². The van der Waals surface area contributed by atoms with Crippen molar-refractivity contribution < 1.29 is 97.5 Å². The Hall–Kier alpha value is -5.20. The lowest BCUT2D eigenvalue weighted by molar-refractivity contribution is -0.339. The normalized spacial score (nSPS) is 36.5. The van der Waals surface area contributed by atoms with E-state index >= 15 is 0 Å². The number of hydrogen-bond donors (Lipinski definition) is 12. The molecule has 24 atom stereocenters. The summed E-state index contributed by atoms with van der Waals surface area (Å²) in [7, 11) is 0. The Morgan fingerprint density at radius 3 is 1.85 bits per heavy atom. The molecule has 2 aromatic heterocycles. The molecule has 12 N–H and O–H groups in total. The van der Waals surface area contributed by atoms with Crippen LogP contribution in [0.3, 0.4) is 0 Å². The first-order chi connectivity index (χ1) is 46.3. The lowest BCUT2D eigenvalue weighted by atomic mass is 9.76. The van der Waals surface area contributed by atoms with E-state index in [-0.39, 0.29) is 41.7 Å². The number of nitrogens with one attached hydrogen (secondary N) is 3. The van der Waals surface area contributed by atoms with Crippen molar-refractivity contribution in [1.29, 1.82) is 0 Å². The first kappa shape index (κ1) is 72.1. The van der Waals surface area contributed by atoms with Gasteiger partial charge in [0, 0.05) is 44.2 Å². The quantitative estimate of drug-likeness (QED) is 0.0383. The van der Waals surface area contributed by atoms with Gasteiger partial charge in [0.15, 0.2) is 18.9 Å². The molecule has 11 rings (SSSR count). The molecule has 0 radical (unpaired) electrons. The number of halogens is 2. The predicted molar refractivity (Wildman–Crippen MR) is 335 cm³/mol. The molecule has 4 aliphatic heterocycles. The number of likely N-dealkylation sites (tertiary alicyclic amines) is 1. The number of ether oxygens (including phenoxy) is 7. The smallest absolute Gasteiger partial charge is 0.251 e. The van der Waals surface area contributed by atoms with Crippen LogP contribution in [0, 0.1) is 35.3 Å². The summed E-state index contributed by atoms with van der Waals surface area (Å²) in [5, 5.41) is 129. The summed E-state index contributed by atoms with van der Waals surface area (Å²) in [6.45, 7) is 6.47. The Morgan fingerprint density at radius 2 is 1.24 bits per heavy atom. The van der Waals surface area contributed by atoms with Crippen LogP contribution < -0.4 is 16.0 Å². The van der Waals surface area contributed by atoms with Gasteiger partial charge < -0.3 is 100.0 Å². The number of aliphatic hydroxyl groups is 9. The number of nitrogens with zero attached hydrogens (tertiary/aromatic N) is 7. The highest BCUT2D eigenvalue weighted by molar-refractivity contribution is 5.81. The minimum Gasteiger partial charge on any atom is -0.394 e. The number of carbonyl (C=O) groups excluding carboxylic acids is 2. The zero-order chi connectivity index (χ0) is 67.9. The van der Waals surface area contributed by atoms with Gasteiger partial charge in [-0.15, -0.1) is 10.2 Å². The van der Waals surface area contributed by atoms with Crippen molar-refractivity contribution in [2.45, 2.75) is 226 Å². The molecule has 6 heterocycles. The molecule has 4 saturated heterocycles. The maximum atomic E-state index is 14.4. The maximum absolute atomic E-state index is 14.4. The number of rotatable bonds is 26. The predicted octanol–water partition coefficient (Wildman–Crippen LogP) is 0.612. The average molecular weight is 1360 g/mol. The molecular weight excluding hydrogens is 1260 g/mol. The second-order valence-corrected chi connectivity index (χ2v) is 27.3. The molecule has 3 saturated carbocycles. The van der Waals surface area contributed by atoms with Gasteiger partial charge in [-0.1, -0.05) is 80.1 Å². The molecule has 30 heteroatoms.